The summed E-state index contributed by atoms with van der Waals surface area (Å²) in [7, 11) is 0. The molecule has 0 fully saturated rings. The van der Waals surface area contributed by atoms with Crippen molar-refractivity contribution in [3.63, 3.8) is 0 Å². The molecule has 0 saturated heterocycles. The fourth-order valence-electron chi connectivity index (χ4n) is 1.26. The van der Waals surface area contributed by atoms with Crippen LogP contribution in [0.25, 0.3) is 0 Å². The van der Waals surface area contributed by atoms with Gasteiger partial charge in [0.2, 0.25) is 0 Å². The minimum atomic E-state index is -0.500. The van der Waals surface area contributed by atoms with Crippen LogP contribution in [0.15, 0.2) is 39.7 Å². The van der Waals surface area contributed by atoms with Gasteiger partial charge in [-0.3, -0.25) is 4.98 Å². The lowest BCUT2D eigenvalue weighted by Gasteiger charge is -2.07. The van der Waals surface area contributed by atoms with Crippen molar-refractivity contribution in [2.24, 2.45) is 5.73 Å². The Morgan fingerprint density at radius 2 is 2.20 bits per heavy atom. The monoisotopic (exact) mass is 270 g/mol. The second-order valence-electron chi connectivity index (χ2n) is 3.06. The van der Waals surface area contributed by atoms with Gasteiger partial charge in [-0.2, -0.15) is 0 Å². The molecule has 0 aliphatic carbocycles. The SMILES string of the molecule is NC(c1cncc(F)c1)c1ccc(Br)o1. The maximum atomic E-state index is 12.9. The number of nitrogens with zero attached hydrogens (tertiary/aromatic N) is 1. The molecule has 5 heteroatoms. The molecule has 0 aliphatic heterocycles. The molecular formula is C10H8BrFN2O. The predicted octanol–water partition coefficient (Wildman–Crippen LogP) is 2.62. The van der Waals surface area contributed by atoms with Crippen LogP contribution in [-0.4, -0.2) is 4.98 Å². The van der Waals surface area contributed by atoms with E-state index in [1.807, 2.05) is 0 Å². The number of pyridine rings is 1. The molecule has 2 N–H and O–H groups in total. The molecule has 0 amide bonds. The van der Waals surface area contributed by atoms with Gasteiger partial charge in [-0.25, -0.2) is 4.39 Å². The lowest BCUT2D eigenvalue weighted by molar-refractivity contribution is 0.469. The lowest BCUT2D eigenvalue weighted by atomic mass is 10.1. The van der Waals surface area contributed by atoms with E-state index in [1.54, 1.807) is 12.1 Å². The molecular weight excluding hydrogens is 263 g/mol. The average Bonchev–Trinajstić information content (AvgIpc) is 2.64. The summed E-state index contributed by atoms with van der Waals surface area (Å²) >= 11 is 3.18. The zero-order valence-corrected chi connectivity index (χ0v) is 9.24. The number of hydrogen-bond acceptors (Lipinski definition) is 3. The fourth-order valence-corrected chi connectivity index (χ4v) is 1.58. The van der Waals surface area contributed by atoms with Gasteiger partial charge in [0.1, 0.15) is 11.6 Å². The van der Waals surface area contributed by atoms with Crippen LogP contribution in [0.4, 0.5) is 4.39 Å². The van der Waals surface area contributed by atoms with Gasteiger partial charge in [-0.05, 0) is 39.7 Å². The van der Waals surface area contributed by atoms with E-state index in [0.29, 0.717) is 16.0 Å². The number of aromatic nitrogens is 1. The third-order valence-corrected chi connectivity index (χ3v) is 2.41. The highest BCUT2D eigenvalue weighted by atomic mass is 79.9. The smallest absolute Gasteiger partial charge is 0.169 e. The van der Waals surface area contributed by atoms with Crippen molar-refractivity contribution >= 4 is 15.9 Å². The third kappa shape index (κ3) is 2.24. The third-order valence-electron chi connectivity index (χ3n) is 1.99. The molecule has 0 aliphatic rings. The first-order valence-electron chi connectivity index (χ1n) is 4.28. The maximum Gasteiger partial charge on any atom is 0.169 e. The molecule has 2 aromatic rings. The Balaban J connectivity index is 2.32. The van der Waals surface area contributed by atoms with Crippen molar-refractivity contribution in [3.05, 3.63) is 52.4 Å². The van der Waals surface area contributed by atoms with Crippen LogP contribution in [-0.2, 0) is 0 Å². The number of nitrogens with two attached hydrogens (primary N) is 1. The summed E-state index contributed by atoms with van der Waals surface area (Å²) in [5.74, 6) is 0.155. The average molecular weight is 271 g/mol. The van der Waals surface area contributed by atoms with E-state index in [0.717, 1.165) is 6.20 Å². The molecule has 0 radical (unpaired) electrons. The van der Waals surface area contributed by atoms with Crippen molar-refractivity contribution in [1.82, 2.24) is 4.98 Å². The molecule has 1 atom stereocenters. The molecule has 78 valence electrons. The molecule has 0 aromatic carbocycles. The van der Waals surface area contributed by atoms with Gasteiger partial charge < -0.3 is 10.2 Å². The van der Waals surface area contributed by atoms with Gasteiger partial charge in [0.05, 0.1) is 12.2 Å². The van der Waals surface area contributed by atoms with Crippen molar-refractivity contribution in [2.75, 3.05) is 0 Å². The molecule has 0 saturated carbocycles. The summed E-state index contributed by atoms with van der Waals surface area (Å²) in [6, 6.07) is 4.31. The highest BCUT2D eigenvalue weighted by Gasteiger charge is 2.13. The number of furan rings is 1. The summed E-state index contributed by atoms with van der Waals surface area (Å²) in [5, 5.41) is 0. The van der Waals surface area contributed by atoms with Crippen LogP contribution < -0.4 is 5.73 Å². The van der Waals surface area contributed by atoms with Crippen LogP contribution in [0.3, 0.4) is 0 Å². The normalized spacial score (nSPS) is 12.7. The summed E-state index contributed by atoms with van der Waals surface area (Å²) in [5.41, 5.74) is 6.46. The molecule has 2 aromatic heterocycles. The van der Waals surface area contributed by atoms with E-state index in [9.17, 15) is 4.39 Å². The van der Waals surface area contributed by atoms with Gasteiger partial charge in [0, 0.05) is 6.20 Å². The maximum absolute atomic E-state index is 12.9. The molecule has 0 spiro atoms. The van der Waals surface area contributed by atoms with E-state index < -0.39 is 11.9 Å². The van der Waals surface area contributed by atoms with Crippen molar-refractivity contribution in [1.29, 1.82) is 0 Å². The van der Waals surface area contributed by atoms with Gasteiger partial charge in [-0.1, -0.05) is 0 Å². The van der Waals surface area contributed by atoms with E-state index in [1.165, 1.54) is 12.3 Å². The standard InChI is InChI=1S/C10H8BrFN2O/c11-9-2-1-8(15-9)10(13)6-3-7(12)5-14-4-6/h1-5,10H,13H2. The first-order valence-corrected chi connectivity index (χ1v) is 5.07. The Labute approximate surface area is 94.2 Å². The Kier molecular flexibility index (Phi) is 2.83. The summed E-state index contributed by atoms with van der Waals surface area (Å²) < 4.78 is 18.8. The number of halogens is 2. The second-order valence-corrected chi connectivity index (χ2v) is 3.84. The van der Waals surface area contributed by atoms with Crippen LogP contribution in [0.5, 0.6) is 0 Å². The summed E-state index contributed by atoms with van der Waals surface area (Å²) in [6.45, 7) is 0. The first kappa shape index (κ1) is 10.3. The minimum Gasteiger partial charge on any atom is -0.452 e. The molecule has 0 bridgehead atoms. The Bertz CT molecular complexity index is 472. The first-order chi connectivity index (χ1) is 7.16. The largest absolute Gasteiger partial charge is 0.452 e. The Hall–Kier alpha value is -1.20. The number of hydrogen-bond donors (Lipinski definition) is 1. The van der Waals surface area contributed by atoms with Crippen LogP contribution in [0, 0.1) is 5.82 Å². The highest BCUT2D eigenvalue weighted by Crippen LogP contribution is 2.23. The number of rotatable bonds is 2. The molecule has 2 heterocycles. The predicted molar refractivity (Wildman–Crippen MR) is 56.6 cm³/mol. The Morgan fingerprint density at radius 3 is 2.80 bits per heavy atom. The zero-order valence-electron chi connectivity index (χ0n) is 7.65. The molecule has 1 unspecified atom stereocenters. The lowest BCUT2D eigenvalue weighted by Crippen LogP contribution is -2.11. The summed E-state index contributed by atoms with van der Waals surface area (Å²) in [4.78, 5) is 3.73. The van der Waals surface area contributed by atoms with Crippen molar-refractivity contribution in [3.8, 4) is 0 Å². The second kappa shape index (κ2) is 4.12. The van der Waals surface area contributed by atoms with E-state index in [2.05, 4.69) is 20.9 Å². The van der Waals surface area contributed by atoms with E-state index >= 15 is 0 Å². The Morgan fingerprint density at radius 1 is 1.40 bits per heavy atom. The quantitative estimate of drug-likeness (QED) is 0.913. The molecule has 3 nitrogen and oxygen atoms in total. The van der Waals surface area contributed by atoms with Crippen LogP contribution in [0.1, 0.15) is 17.4 Å². The fraction of sp³-hybridized carbons (Fsp3) is 0.100. The summed E-state index contributed by atoms with van der Waals surface area (Å²) in [6.07, 6.45) is 2.65. The highest BCUT2D eigenvalue weighted by molar-refractivity contribution is 9.10. The van der Waals surface area contributed by atoms with Gasteiger partial charge in [0.25, 0.3) is 0 Å². The van der Waals surface area contributed by atoms with E-state index in [4.69, 9.17) is 10.2 Å². The van der Waals surface area contributed by atoms with E-state index in [-0.39, 0.29) is 0 Å². The van der Waals surface area contributed by atoms with Crippen molar-refractivity contribution < 1.29 is 8.81 Å². The van der Waals surface area contributed by atoms with Crippen LogP contribution >= 0.6 is 15.9 Å². The van der Waals surface area contributed by atoms with Gasteiger partial charge >= 0.3 is 0 Å². The van der Waals surface area contributed by atoms with Crippen LogP contribution in [0.2, 0.25) is 0 Å². The minimum absolute atomic E-state index is 0.409. The molecule has 15 heavy (non-hydrogen) atoms. The zero-order chi connectivity index (χ0) is 10.8. The topological polar surface area (TPSA) is 52.0 Å². The van der Waals surface area contributed by atoms with Gasteiger partial charge in [-0.15, -0.1) is 0 Å². The molecule has 2 rings (SSSR count). The van der Waals surface area contributed by atoms with Crippen molar-refractivity contribution in [2.45, 2.75) is 6.04 Å². The van der Waals surface area contributed by atoms with Gasteiger partial charge in [0.15, 0.2) is 4.67 Å².